The molecule has 3 N–H and O–H groups in total. The van der Waals surface area contributed by atoms with Crippen molar-refractivity contribution in [3.8, 4) is 11.5 Å². The van der Waals surface area contributed by atoms with Crippen LogP contribution in [0.2, 0.25) is 0 Å². The van der Waals surface area contributed by atoms with Gasteiger partial charge in [-0.05, 0) is 41.1 Å². The number of carbonyl (C=O) groups excluding carboxylic acids is 2. The van der Waals surface area contributed by atoms with Crippen LogP contribution in [0.25, 0.3) is 22.6 Å². The van der Waals surface area contributed by atoms with E-state index in [2.05, 4.69) is 46.3 Å². The highest BCUT2D eigenvalue weighted by Crippen LogP contribution is 2.27. The molecular formula is C29H27N11O3. The first-order valence-electron chi connectivity index (χ1n) is 13.4. The Hall–Kier alpha value is -5.76. The molecule has 1 unspecified atom stereocenters. The number of aromatic nitrogens is 8. The normalized spacial score (nSPS) is 11.9. The molecule has 2 aromatic carbocycles. The van der Waals surface area contributed by atoms with Crippen molar-refractivity contribution in [2.45, 2.75) is 6.04 Å². The number of benzene rings is 2. The molecule has 0 saturated carbocycles. The van der Waals surface area contributed by atoms with Gasteiger partial charge >= 0.3 is 0 Å². The molecule has 0 spiro atoms. The van der Waals surface area contributed by atoms with Crippen molar-refractivity contribution in [3.05, 3.63) is 102 Å². The fourth-order valence-electron chi connectivity index (χ4n) is 4.49. The Morgan fingerprint density at radius 2 is 1.86 bits per heavy atom. The van der Waals surface area contributed by atoms with E-state index >= 15 is 0 Å². The van der Waals surface area contributed by atoms with E-state index in [9.17, 15) is 9.59 Å². The van der Waals surface area contributed by atoms with Crippen molar-refractivity contribution < 1.29 is 14.0 Å². The van der Waals surface area contributed by atoms with E-state index < -0.39 is 0 Å². The highest BCUT2D eigenvalue weighted by atomic mass is 16.3. The Morgan fingerprint density at radius 3 is 2.63 bits per heavy atom. The third kappa shape index (κ3) is 6.13. The molecule has 0 fully saturated rings. The number of fused-ring (bicyclic) bond motifs is 1. The van der Waals surface area contributed by atoms with E-state index in [0.717, 1.165) is 5.56 Å². The SMILES string of the molecule is Cn1nnc(C(NCCNC(=O)c2cc(-c3nc4cc(NC(=O)c5cncn5C)ccc4o3)ccn2)c2ccccc2)n1. The second-order valence-electron chi connectivity index (χ2n) is 9.67. The number of imidazole rings is 1. The second-order valence-corrected chi connectivity index (χ2v) is 9.67. The molecule has 4 aromatic heterocycles. The van der Waals surface area contributed by atoms with Crippen molar-refractivity contribution in [2.75, 3.05) is 18.4 Å². The monoisotopic (exact) mass is 577 g/mol. The number of anilines is 1. The van der Waals surface area contributed by atoms with Crippen molar-refractivity contribution in [1.29, 1.82) is 0 Å². The van der Waals surface area contributed by atoms with E-state index in [1.165, 1.54) is 17.2 Å². The number of tetrazole rings is 1. The minimum atomic E-state index is -0.339. The van der Waals surface area contributed by atoms with Crippen LogP contribution in [0, 0.1) is 0 Å². The summed E-state index contributed by atoms with van der Waals surface area (Å²) in [5, 5.41) is 21.5. The van der Waals surface area contributed by atoms with Crippen molar-refractivity contribution in [2.24, 2.45) is 14.1 Å². The number of rotatable bonds is 10. The van der Waals surface area contributed by atoms with Crippen molar-refractivity contribution in [3.63, 3.8) is 0 Å². The highest BCUT2D eigenvalue weighted by molar-refractivity contribution is 6.03. The van der Waals surface area contributed by atoms with E-state index in [4.69, 9.17) is 4.42 Å². The first kappa shape index (κ1) is 27.4. The lowest BCUT2D eigenvalue weighted by atomic mass is 10.1. The zero-order valence-electron chi connectivity index (χ0n) is 23.3. The molecule has 14 heteroatoms. The fraction of sp³-hybridized carbons (Fsp3) is 0.172. The van der Waals surface area contributed by atoms with Gasteiger partial charge in [0, 0.05) is 37.6 Å². The van der Waals surface area contributed by atoms with Gasteiger partial charge in [0.05, 0.1) is 25.6 Å². The maximum Gasteiger partial charge on any atom is 0.273 e. The number of aryl methyl sites for hydroxylation is 2. The van der Waals surface area contributed by atoms with Crippen LogP contribution in [-0.4, -0.2) is 64.6 Å². The highest BCUT2D eigenvalue weighted by Gasteiger charge is 2.19. The summed E-state index contributed by atoms with van der Waals surface area (Å²) in [5.41, 5.74) is 3.87. The molecule has 43 heavy (non-hydrogen) atoms. The summed E-state index contributed by atoms with van der Waals surface area (Å²) in [6.45, 7) is 0.790. The summed E-state index contributed by atoms with van der Waals surface area (Å²) >= 11 is 0. The van der Waals surface area contributed by atoms with E-state index in [0.29, 0.717) is 52.8 Å². The Morgan fingerprint density at radius 1 is 1.00 bits per heavy atom. The van der Waals surface area contributed by atoms with Gasteiger partial charge in [0.2, 0.25) is 5.89 Å². The van der Waals surface area contributed by atoms with Gasteiger partial charge in [0.25, 0.3) is 11.8 Å². The predicted octanol–water partition coefficient (Wildman–Crippen LogP) is 2.51. The molecular weight excluding hydrogens is 550 g/mol. The van der Waals surface area contributed by atoms with E-state index in [1.807, 2.05) is 30.3 Å². The number of nitrogens with one attached hydrogen (secondary N) is 3. The topological polar surface area (TPSA) is 171 Å². The van der Waals surface area contributed by atoms with Gasteiger partial charge in [-0.2, -0.15) is 4.80 Å². The Bertz CT molecular complexity index is 1890. The molecule has 2 amide bonds. The minimum Gasteiger partial charge on any atom is -0.436 e. The summed E-state index contributed by atoms with van der Waals surface area (Å²) in [7, 11) is 3.46. The van der Waals surface area contributed by atoms with Crippen LogP contribution < -0.4 is 16.0 Å². The van der Waals surface area contributed by atoms with Gasteiger partial charge in [0.15, 0.2) is 11.4 Å². The van der Waals surface area contributed by atoms with Crippen LogP contribution in [0.15, 0.2) is 83.8 Å². The van der Waals surface area contributed by atoms with Crippen molar-refractivity contribution >= 4 is 28.6 Å². The maximum absolute atomic E-state index is 12.9. The lowest BCUT2D eigenvalue weighted by Crippen LogP contribution is -2.34. The molecule has 0 aliphatic carbocycles. The molecule has 14 nitrogen and oxygen atoms in total. The smallest absolute Gasteiger partial charge is 0.273 e. The molecule has 0 aliphatic heterocycles. The number of pyridine rings is 1. The Balaban J connectivity index is 1.09. The van der Waals surface area contributed by atoms with E-state index in [1.54, 1.807) is 55.3 Å². The van der Waals surface area contributed by atoms with Gasteiger partial charge in [-0.15, -0.1) is 10.2 Å². The molecule has 6 aromatic rings. The van der Waals surface area contributed by atoms with Gasteiger partial charge in [-0.1, -0.05) is 30.3 Å². The van der Waals surface area contributed by atoms with Crippen molar-refractivity contribution in [1.82, 2.24) is 50.4 Å². The number of oxazole rings is 1. The molecule has 0 radical (unpaired) electrons. The lowest BCUT2D eigenvalue weighted by molar-refractivity contribution is 0.0948. The summed E-state index contributed by atoms with van der Waals surface area (Å²) in [6, 6.07) is 18.0. The number of hydrogen-bond donors (Lipinski definition) is 3. The molecule has 216 valence electrons. The second kappa shape index (κ2) is 12.0. The minimum absolute atomic E-state index is 0.221. The Labute approximate surface area is 245 Å². The molecule has 1 atom stereocenters. The fourth-order valence-corrected chi connectivity index (χ4v) is 4.49. The first-order chi connectivity index (χ1) is 20.9. The van der Waals surface area contributed by atoms with E-state index in [-0.39, 0.29) is 23.6 Å². The van der Waals surface area contributed by atoms with Crippen LogP contribution in [0.5, 0.6) is 0 Å². The van der Waals surface area contributed by atoms with Crippen LogP contribution in [0.1, 0.15) is 38.4 Å². The zero-order valence-corrected chi connectivity index (χ0v) is 23.3. The number of nitrogens with zero attached hydrogens (tertiary/aromatic N) is 8. The predicted molar refractivity (Wildman–Crippen MR) is 156 cm³/mol. The third-order valence-electron chi connectivity index (χ3n) is 6.61. The molecule has 4 heterocycles. The average Bonchev–Trinajstić information content (AvgIpc) is 3.77. The summed E-state index contributed by atoms with van der Waals surface area (Å²) in [4.78, 5) is 39.6. The zero-order chi connectivity index (χ0) is 29.8. The molecule has 6 rings (SSSR count). The van der Waals surface area contributed by atoms with Gasteiger partial charge in [0.1, 0.15) is 16.9 Å². The van der Waals surface area contributed by atoms with Crippen LogP contribution >= 0.6 is 0 Å². The Kier molecular flexibility index (Phi) is 7.65. The summed E-state index contributed by atoms with van der Waals surface area (Å²) in [6.07, 6.45) is 4.58. The first-order valence-corrected chi connectivity index (χ1v) is 13.4. The van der Waals surface area contributed by atoms with Gasteiger partial charge in [-0.3, -0.25) is 14.6 Å². The average molecular weight is 578 g/mol. The number of hydrogen-bond acceptors (Lipinski definition) is 10. The molecule has 0 aliphatic rings. The quantitative estimate of drug-likeness (QED) is 0.206. The van der Waals surface area contributed by atoms with Crippen LogP contribution in [0.4, 0.5) is 5.69 Å². The molecule has 0 saturated heterocycles. The standard InChI is InChI=1S/C29H27N11O3/c1-39-17-30-16-23(39)28(42)34-20-8-9-24-21(15-20)35-29(43-24)19-10-11-31-22(14-19)27(41)33-13-12-32-25(18-6-4-3-5-7-18)26-36-38-40(2)37-26/h3-11,14-17,25,32H,12-13H2,1-2H3,(H,33,41)(H,34,42). The third-order valence-corrected chi connectivity index (χ3v) is 6.61. The number of amides is 2. The summed E-state index contributed by atoms with van der Waals surface area (Å²) in [5.74, 6) is 0.235. The molecule has 0 bridgehead atoms. The largest absolute Gasteiger partial charge is 0.436 e. The lowest BCUT2D eigenvalue weighted by Gasteiger charge is -2.16. The number of carbonyl (C=O) groups is 2. The van der Waals surface area contributed by atoms with Crippen LogP contribution in [0.3, 0.4) is 0 Å². The summed E-state index contributed by atoms with van der Waals surface area (Å²) < 4.78 is 7.56. The van der Waals surface area contributed by atoms with Crippen LogP contribution in [-0.2, 0) is 14.1 Å². The maximum atomic E-state index is 12.9. The van der Waals surface area contributed by atoms with Gasteiger partial charge < -0.3 is 24.9 Å². The van der Waals surface area contributed by atoms with Gasteiger partial charge in [-0.25, -0.2) is 9.97 Å².